The SMILES string of the molecule is C[SiH](C)OO[Si](C)(C)O[Si](C)(C)O[Si](C)(C)O[Si](C)(C)O[Si](C)(C)O[Si](C)(C)O[Si](C)(C)O[Si](C)(C)O[Si](C)(C)O[Si](C)(C)O[SiH](C)C. The first-order valence-electron chi connectivity index (χ1n) is 17.0. The highest BCUT2D eigenvalue weighted by molar-refractivity contribution is 6.93. The third kappa shape index (κ3) is 23.7. The Hall–Kier alpha value is 2.12. The molecule has 0 amide bonds. The lowest BCUT2D eigenvalue weighted by molar-refractivity contribution is -0.132. The van der Waals surface area contributed by atoms with E-state index in [4.69, 9.17) is 50.3 Å². The molecule has 24 heteroatoms. The van der Waals surface area contributed by atoms with Gasteiger partial charge >= 0.3 is 85.6 Å². The molecule has 0 bridgehead atoms. The van der Waals surface area contributed by atoms with Gasteiger partial charge < -0.3 is 41.2 Å². The normalized spacial score (nSPS) is 15.6. The Bertz CT molecular complexity index is 1010. The van der Waals surface area contributed by atoms with Crippen molar-refractivity contribution in [2.75, 3.05) is 0 Å². The first-order valence-corrected chi connectivity index (χ1v) is 50.8. The summed E-state index contributed by atoms with van der Waals surface area (Å²) in [5, 5.41) is 0. The van der Waals surface area contributed by atoms with Crippen molar-refractivity contribution in [3.63, 3.8) is 0 Å². The largest absolute Gasteiger partial charge is 0.440 e. The second-order valence-electron chi connectivity index (χ2n) is 17.3. The summed E-state index contributed by atoms with van der Waals surface area (Å²) in [6.07, 6.45) is 0. The molecule has 0 aliphatic rings. The van der Waals surface area contributed by atoms with Crippen LogP contribution in [0.1, 0.15) is 0 Å². The minimum Gasteiger partial charge on any atom is -0.440 e. The molecule has 0 unspecified atom stereocenters. The summed E-state index contributed by atoms with van der Waals surface area (Å²) in [5.41, 5.74) is 0. The quantitative estimate of drug-likeness (QED) is 0.0562. The van der Waals surface area contributed by atoms with Crippen LogP contribution in [0.5, 0.6) is 0 Å². The second kappa shape index (κ2) is 17.7. The van der Waals surface area contributed by atoms with E-state index < -0.39 is 104 Å². The van der Waals surface area contributed by atoms with E-state index in [0.717, 1.165) is 0 Å². The van der Waals surface area contributed by atoms with Gasteiger partial charge in [0.25, 0.3) is 0 Å². The molecule has 0 fully saturated rings. The fourth-order valence-electron chi connectivity index (χ4n) is 6.31. The summed E-state index contributed by atoms with van der Waals surface area (Å²) in [6, 6.07) is 0. The van der Waals surface area contributed by atoms with Gasteiger partial charge in [0.2, 0.25) is 9.04 Å². The molecule has 0 saturated heterocycles. The van der Waals surface area contributed by atoms with Crippen LogP contribution in [0, 0.1) is 0 Å². The van der Waals surface area contributed by atoms with Gasteiger partial charge in [0, 0.05) is 0 Å². The van der Waals surface area contributed by atoms with Crippen molar-refractivity contribution in [2.24, 2.45) is 0 Å². The Balaban J connectivity index is 5.49. The summed E-state index contributed by atoms with van der Waals surface area (Å²) >= 11 is 0. The average Bonchev–Trinajstić information content (AvgIpc) is 2.61. The zero-order valence-electron chi connectivity index (χ0n) is 35.1. The van der Waals surface area contributed by atoms with E-state index in [-0.39, 0.29) is 0 Å². The molecule has 0 N–H and O–H groups in total. The Morgan fingerprint density at radius 2 is 0.438 bits per heavy atom. The molecule has 0 radical (unpaired) electrons. The molecule has 48 heavy (non-hydrogen) atoms. The number of hydrogen-bond acceptors (Lipinski definition) is 12. The van der Waals surface area contributed by atoms with Gasteiger partial charge in [-0.05, 0) is 157 Å². The Labute approximate surface area is 309 Å². The maximum atomic E-state index is 6.77. The van der Waals surface area contributed by atoms with Gasteiger partial charge in [-0.2, -0.15) is 0 Å². The van der Waals surface area contributed by atoms with E-state index in [9.17, 15) is 0 Å². The summed E-state index contributed by atoms with van der Waals surface area (Å²) < 4.78 is 77.6. The van der Waals surface area contributed by atoms with Crippen molar-refractivity contribution in [2.45, 2.75) is 157 Å². The van der Waals surface area contributed by atoms with E-state index in [1.165, 1.54) is 0 Å². The van der Waals surface area contributed by atoms with E-state index in [2.05, 4.69) is 118 Å². The molecular weight excluding hydrogens is 817 g/mol. The van der Waals surface area contributed by atoms with Crippen molar-refractivity contribution in [3.8, 4) is 0 Å². The molecule has 0 spiro atoms. The Morgan fingerprint density at radius 1 is 0.250 bits per heavy atom. The fraction of sp³-hybridized carbons (Fsp3) is 1.00. The number of hydrogen-bond donors (Lipinski definition) is 0. The molecule has 0 heterocycles. The van der Waals surface area contributed by atoms with Crippen molar-refractivity contribution in [1.29, 1.82) is 0 Å². The maximum Gasteiger partial charge on any atom is 0.358 e. The van der Waals surface area contributed by atoms with Crippen LogP contribution in [0.4, 0.5) is 0 Å². The van der Waals surface area contributed by atoms with Crippen molar-refractivity contribution in [3.05, 3.63) is 0 Å². The molecule has 0 aromatic heterocycles. The van der Waals surface area contributed by atoms with Gasteiger partial charge in [-0.25, -0.2) is 0 Å². The Morgan fingerprint density at radius 3 is 0.625 bits per heavy atom. The summed E-state index contributed by atoms with van der Waals surface area (Å²) in [6.45, 7) is 49.5. The van der Waals surface area contributed by atoms with Crippen LogP contribution >= 0.6 is 0 Å². The predicted octanol–water partition coefficient (Wildman–Crippen LogP) is 8.09. The summed E-state index contributed by atoms with van der Waals surface area (Å²) in [4.78, 5) is 0. The van der Waals surface area contributed by atoms with Crippen LogP contribution < -0.4 is 0 Å². The molecule has 0 aliphatic carbocycles. The number of rotatable bonds is 23. The van der Waals surface area contributed by atoms with E-state index in [1.54, 1.807) is 0 Å². The monoisotopic (exact) mass is 890 g/mol. The Kier molecular flexibility index (Phi) is 18.5. The summed E-state index contributed by atoms with van der Waals surface area (Å²) in [7, 11) is -28.6. The molecule has 290 valence electrons. The van der Waals surface area contributed by atoms with Crippen molar-refractivity contribution < 1.29 is 50.3 Å². The molecule has 0 atom stereocenters. The van der Waals surface area contributed by atoms with Crippen LogP contribution in [0.3, 0.4) is 0 Å². The van der Waals surface area contributed by atoms with Gasteiger partial charge in [-0.3, -0.25) is 9.15 Å². The van der Waals surface area contributed by atoms with Gasteiger partial charge in [-0.1, -0.05) is 0 Å². The highest BCUT2D eigenvalue weighted by atomic mass is 28.5. The van der Waals surface area contributed by atoms with Crippen molar-refractivity contribution >= 4 is 104 Å². The molecule has 0 aromatic carbocycles. The second-order valence-corrected chi connectivity index (χ2v) is 58.2. The molecule has 0 aromatic rings. The molecular formula is C24H74O12Si12. The first kappa shape index (κ1) is 50.1. The minimum absolute atomic E-state index is 1.23. The highest BCUT2D eigenvalue weighted by Gasteiger charge is 2.51. The van der Waals surface area contributed by atoms with Crippen LogP contribution in [0.25, 0.3) is 0 Å². The van der Waals surface area contributed by atoms with Crippen LogP contribution in [-0.4, -0.2) is 104 Å². The maximum absolute atomic E-state index is 6.77. The average molecular weight is 892 g/mol. The third-order valence-corrected chi connectivity index (χ3v) is 46.1. The van der Waals surface area contributed by atoms with E-state index in [0.29, 0.717) is 0 Å². The lowest BCUT2D eigenvalue weighted by Gasteiger charge is -2.44. The van der Waals surface area contributed by atoms with Crippen molar-refractivity contribution in [1.82, 2.24) is 0 Å². The lowest BCUT2D eigenvalue weighted by Crippen LogP contribution is -2.62. The van der Waals surface area contributed by atoms with Gasteiger partial charge in [0.1, 0.15) is 0 Å². The molecule has 0 aliphatic heterocycles. The predicted molar refractivity (Wildman–Crippen MR) is 226 cm³/mol. The zero-order valence-corrected chi connectivity index (χ0v) is 47.4. The van der Waals surface area contributed by atoms with Crippen LogP contribution in [-0.2, 0) is 50.3 Å². The van der Waals surface area contributed by atoms with E-state index >= 15 is 0 Å². The van der Waals surface area contributed by atoms with Crippen LogP contribution in [0.2, 0.25) is 157 Å². The minimum atomic E-state index is -2.71. The molecule has 12 nitrogen and oxygen atoms in total. The smallest absolute Gasteiger partial charge is 0.358 e. The highest BCUT2D eigenvalue weighted by Crippen LogP contribution is 2.31. The standard InChI is InChI=1S/C24H74O12Si12/c1-37(2)25-26-39(5,6)28-41(9,10)30-43(13,14)32-45(17,18)34-47(21,22)36-48(23,24)35-46(19,20)33-44(15,16)31-42(11,12)29-40(7,8)27-38(3)4/h37-38H,1-24H3. The lowest BCUT2D eigenvalue weighted by atomic mass is 11.9. The van der Waals surface area contributed by atoms with Gasteiger partial charge in [0.05, 0.1) is 0 Å². The topological polar surface area (TPSA) is 111 Å². The van der Waals surface area contributed by atoms with E-state index in [1.807, 2.05) is 39.3 Å². The molecule has 0 saturated carbocycles. The summed E-state index contributed by atoms with van der Waals surface area (Å²) in [5.74, 6) is 0. The third-order valence-electron chi connectivity index (χ3n) is 5.39. The molecule has 0 rings (SSSR count). The zero-order chi connectivity index (χ0) is 38.6. The van der Waals surface area contributed by atoms with Gasteiger partial charge in [-0.15, -0.1) is 0 Å². The van der Waals surface area contributed by atoms with Crippen LogP contribution in [0.15, 0.2) is 0 Å². The fourth-order valence-corrected chi connectivity index (χ4v) is 60.3. The van der Waals surface area contributed by atoms with Gasteiger partial charge in [0.15, 0.2) is 9.04 Å². The first-order chi connectivity index (χ1) is 20.7.